The molecule has 6 atom stereocenters. The van der Waals surface area contributed by atoms with E-state index < -0.39 is 24.1 Å². The van der Waals surface area contributed by atoms with Crippen molar-refractivity contribution in [2.45, 2.75) is 73.0 Å². The van der Waals surface area contributed by atoms with Gasteiger partial charge in [-0.15, -0.1) is 0 Å². The van der Waals surface area contributed by atoms with Crippen LogP contribution in [0.4, 0.5) is 0 Å². The number of hydrogen-bond donors (Lipinski definition) is 0. The Hall–Kier alpha value is -1.91. The third-order valence-electron chi connectivity index (χ3n) is 6.64. The van der Waals surface area contributed by atoms with Crippen LogP contribution in [0.3, 0.4) is 0 Å². The molecule has 0 aromatic heterocycles. The zero-order valence-electron chi connectivity index (χ0n) is 17.3. The van der Waals surface area contributed by atoms with Gasteiger partial charge in [-0.1, -0.05) is 32.1 Å². The molecular weight excluding hydrogens is 344 g/mol. The summed E-state index contributed by atoms with van der Waals surface area (Å²) in [7, 11) is 0. The normalized spacial score (nSPS) is 36.6. The van der Waals surface area contributed by atoms with E-state index in [0.29, 0.717) is 24.3 Å². The first-order chi connectivity index (χ1) is 12.5. The Morgan fingerprint density at radius 2 is 1.81 bits per heavy atom. The highest BCUT2D eigenvalue weighted by Crippen LogP contribution is 2.55. The minimum absolute atomic E-state index is 0.146. The summed E-state index contributed by atoms with van der Waals surface area (Å²) in [6.07, 6.45) is 2.55. The molecule has 0 aromatic rings. The molecule has 2 aliphatic carbocycles. The Labute approximate surface area is 162 Å². The summed E-state index contributed by atoms with van der Waals surface area (Å²) in [5, 5.41) is 0. The van der Waals surface area contributed by atoms with E-state index >= 15 is 0 Å². The van der Waals surface area contributed by atoms with Crippen LogP contribution in [-0.2, 0) is 23.9 Å². The lowest BCUT2D eigenvalue weighted by atomic mass is 9.51. The maximum Gasteiger partial charge on any atom is 0.334 e. The summed E-state index contributed by atoms with van der Waals surface area (Å²) in [4.78, 5) is 37.5. The highest BCUT2D eigenvalue weighted by atomic mass is 16.6. The maximum atomic E-state index is 13.5. The number of hydrogen-bond acceptors (Lipinski definition) is 5. The van der Waals surface area contributed by atoms with Crippen molar-refractivity contribution in [3.05, 3.63) is 23.8 Å². The molecule has 2 rings (SSSR count). The maximum absolute atomic E-state index is 13.5. The van der Waals surface area contributed by atoms with Gasteiger partial charge in [0, 0.05) is 18.4 Å². The van der Waals surface area contributed by atoms with E-state index in [0.717, 1.165) is 12.0 Å². The molecule has 0 heterocycles. The van der Waals surface area contributed by atoms with Crippen LogP contribution in [0.1, 0.15) is 60.8 Å². The van der Waals surface area contributed by atoms with Crippen LogP contribution in [0.25, 0.3) is 0 Å². The molecule has 0 aromatic carbocycles. The third-order valence-corrected chi connectivity index (χ3v) is 6.64. The average molecular weight is 376 g/mol. The van der Waals surface area contributed by atoms with Crippen LogP contribution >= 0.6 is 0 Å². The van der Waals surface area contributed by atoms with Crippen LogP contribution in [-0.4, -0.2) is 29.9 Å². The van der Waals surface area contributed by atoms with Gasteiger partial charge < -0.3 is 9.47 Å². The van der Waals surface area contributed by atoms with Crippen molar-refractivity contribution < 1.29 is 23.9 Å². The standard InChI is InChI=1S/C22H32O5/c1-8-13(4)21(25)27-20-16(12(2)3)11-22(7)14(5)9-10-17(26-15(6)23)18(22)19(20)24/h8,14,16-18,20H,2,9-11H2,1,3-7H3/b13-8+/t14-,16+,17?,18-,20+,22+/m0/s1. The highest BCUT2D eigenvalue weighted by Gasteiger charge is 2.59. The Bertz CT molecular complexity index is 676. The molecule has 0 N–H and O–H groups in total. The molecule has 0 bridgehead atoms. The Morgan fingerprint density at radius 3 is 2.33 bits per heavy atom. The van der Waals surface area contributed by atoms with Gasteiger partial charge in [-0.05, 0) is 51.4 Å². The number of ketones is 1. The van der Waals surface area contributed by atoms with E-state index in [2.05, 4.69) is 20.4 Å². The molecule has 2 fully saturated rings. The second-order valence-electron chi connectivity index (χ2n) is 8.47. The van der Waals surface area contributed by atoms with Gasteiger partial charge in [-0.2, -0.15) is 0 Å². The highest BCUT2D eigenvalue weighted by molar-refractivity contribution is 5.94. The summed E-state index contributed by atoms with van der Waals surface area (Å²) >= 11 is 0. The number of esters is 2. The van der Waals surface area contributed by atoms with E-state index in [1.165, 1.54) is 6.92 Å². The SMILES string of the molecule is C=C(C)[C@H]1C[C@@]2(C)[C@H](C(=O)[C@@H]1OC(=O)/C(C)=C/C)C(OC(C)=O)CC[C@@H]2C. The minimum atomic E-state index is -0.883. The van der Waals surface area contributed by atoms with Gasteiger partial charge in [-0.25, -0.2) is 4.79 Å². The van der Waals surface area contributed by atoms with Crippen molar-refractivity contribution in [2.75, 3.05) is 0 Å². The lowest BCUT2D eigenvalue weighted by Gasteiger charge is -2.54. The van der Waals surface area contributed by atoms with Gasteiger partial charge in [0.25, 0.3) is 0 Å². The van der Waals surface area contributed by atoms with Crippen LogP contribution < -0.4 is 0 Å². The molecule has 2 saturated carbocycles. The fourth-order valence-electron chi connectivity index (χ4n) is 4.67. The van der Waals surface area contributed by atoms with Crippen LogP contribution in [0.15, 0.2) is 23.8 Å². The Balaban J connectivity index is 2.44. The number of fused-ring (bicyclic) bond motifs is 1. The number of carbonyl (C=O) groups is 3. The molecule has 5 heteroatoms. The second-order valence-corrected chi connectivity index (χ2v) is 8.47. The second kappa shape index (κ2) is 7.99. The molecular formula is C22H32O5. The van der Waals surface area contributed by atoms with Gasteiger partial charge in [0.15, 0.2) is 11.9 Å². The van der Waals surface area contributed by atoms with Crippen molar-refractivity contribution in [1.82, 2.24) is 0 Å². The number of Topliss-reactive ketones (excluding diaryl/α,β-unsaturated/α-hetero) is 1. The Morgan fingerprint density at radius 1 is 1.19 bits per heavy atom. The number of allylic oxidation sites excluding steroid dienone is 1. The smallest absolute Gasteiger partial charge is 0.334 e. The molecule has 0 amide bonds. The van der Waals surface area contributed by atoms with Gasteiger partial charge in [0.1, 0.15) is 6.10 Å². The molecule has 150 valence electrons. The number of rotatable bonds is 4. The average Bonchev–Trinajstić information content (AvgIpc) is 2.58. The van der Waals surface area contributed by atoms with Gasteiger partial charge in [0.05, 0.1) is 5.92 Å². The predicted molar refractivity (Wildman–Crippen MR) is 103 cm³/mol. The quantitative estimate of drug-likeness (QED) is 0.421. The van der Waals surface area contributed by atoms with Crippen molar-refractivity contribution >= 4 is 17.7 Å². The molecule has 2 aliphatic rings. The lowest BCUT2D eigenvalue weighted by molar-refractivity contribution is -0.183. The topological polar surface area (TPSA) is 69.7 Å². The van der Waals surface area contributed by atoms with Crippen molar-refractivity contribution in [1.29, 1.82) is 0 Å². The summed E-state index contributed by atoms with van der Waals surface area (Å²) in [5.41, 5.74) is 0.975. The van der Waals surface area contributed by atoms with E-state index in [4.69, 9.17) is 9.47 Å². The third kappa shape index (κ3) is 4.02. The molecule has 0 spiro atoms. The zero-order chi connectivity index (χ0) is 20.5. The first-order valence-electron chi connectivity index (χ1n) is 9.73. The first-order valence-corrected chi connectivity index (χ1v) is 9.73. The molecule has 5 nitrogen and oxygen atoms in total. The zero-order valence-corrected chi connectivity index (χ0v) is 17.3. The molecule has 0 aliphatic heterocycles. The first kappa shape index (κ1) is 21.4. The predicted octanol–water partition coefficient (Wildman–Crippen LogP) is 4.01. The van der Waals surface area contributed by atoms with Gasteiger partial charge in [0.2, 0.25) is 0 Å². The van der Waals surface area contributed by atoms with Crippen LogP contribution in [0, 0.1) is 23.2 Å². The number of carbonyl (C=O) groups excluding carboxylic acids is 3. The van der Waals surface area contributed by atoms with E-state index in [1.54, 1.807) is 19.9 Å². The fourth-order valence-corrected chi connectivity index (χ4v) is 4.67. The van der Waals surface area contributed by atoms with E-state index in [9.17, 15) is 14.4 Å². The largest absolute Gasteiger partial charge is 0.462 e. The molecule has 0 saturated heterocycles. The summed E-state index contributed by atoms with van der Waals surface area (Å²) in [6.45, 7) is 15.0. The van der Waals surface area contributed by atoms with Gasteiger partial charge >= 0.3 is 11.9 Å². The van der Waals surface area contributed by atoms with Crippen LogP contribution in [0.5, 0.6) is 0 Å². The molecule has 0 radical (unpaired) electrons. The van der Waals surface area contributed by atoms with Gasteiger partial charge in [-0.3, -0.25) is 9.59 Å². The minimum Gasteiger partial charge on any atom is -0.462 e. The summed E-state index contributed by atoms with van der Waals surface area (Å²) < 4.78 is 11.2. The number of ether oxygens (including phenoxy) is 2. The van der Waals surface area contributed by atoms with Crippen molar-refractivity contribution in [2.24, 2.45) is 23.2 Å². The summed E-state index contributed by atoms with van der Waals surface area (Å²) in [5.74, 6) is -1.42. The molecule has 1 unspecified atom stereocenters. The van der Waals surface area contributed by atoms with E-state index in [-0.39, 0.29) is 23.1 Å². The van der Waals surface area contributed by atoms with Crippen molar-refractivity contribution in [3.63, 3.8) is 0 Å². The van der Waals surface area contributed by atoms with Crippen LogP contribution in [0.2, 0.25) is 0 Å². The van der Waals surface area contributed by atoms with E-state index in [1.807, 2.05) is 6.92 Å². The Kier molecular flexibility index (Phi) is 6.33. The monoisotopic (exact) mass is 376 g/mol. The summed E-state index contributed by atoms with van der Waals surface area (Å²) in [6, 6.07) is 0. The van der Waals surface area contributed by atoms with Crippen molar-refractivity contribution in [3.8, 4) is 0 Å². The lowest BCUT2D eigenvalue weighted by Crippen LogP contribution is -2.60. The molecule has 27 heavy (non-hydrogen) atoms. The fraction of sp³-hybridized carbons (Fsp3) is 0.682.